The summed E-state index contributed by atoms with van der Waals surface area (Å²) in [5.74, 6) is -2.00. The van der Waals surface area contributed by atoms with Crippen LogP contribution in [0.25, 0.3) is 0 Å². The average molecular weight is 454 g/mol. The molecule has 2 saturated heterocycles. The number of carbonyl (C=O) groups is 1. The molecule has 32 heavy (non-hydrogen) atoms. The molecule has 4 rings (SSSR count). The molecule has 0 aromatic heterocycles. The Bertz CT molecular complexity index is 923. The van der Waals surface area contributed by atoms with Gasteiger partial charge in [0.2, 0.25) is 0 Å². The lowest BCUT2D eigenvalue weighted by Crippen LogP contribution is -2.48. The van der Waals surface area contributed by atoms with Crippen LogP contribution in [0.4, 0.5) is 17.6 Å². The zero-order valence-electron chi connectivity index (χ0n) is 17.9. The molecule has 174 valence electrons. The normalized spacial score (nSPS) is 22.5. The van der Waals surface area contributed by atoms with Gasteiger partial charge in [-0.3, -0.25) is 9.69 Å². The Balaban J connectivity index is 1.37. The van der Waals surface area contributed by atoms with Crippen LogP contribution < -0.4 is 0 Å². The van der Waals surface area contributed by atoms with Gasteiger partial charge in [-0.05, 0) is 43.4 Å². The Morgan fingerprint density at radius 2 is 1.91 bits per heavy atom. The second kappa shape index (κ2) is 9.27. The molecule has 0 spiro atoms. The van der Waals surface area contributed by atoms with Crippen molar-refractivity contribution in [2.75, 3.05) is 46.4 Å². The molecule has 0 bridgehead atoms. The fraction of sp³-hybridized carbons (Fsp3) is 0.591. The van der Waals surface area contributed by atoms with E-state index >= 15 is 0 Å². The molecular formula is C22H26F4N4O2. The summed E-state index contributed by atoms with van der Waals surface area (Å²) in [6, 6.07) is 3.48. The first-order chi connectivity index (χ1) is 15.3. The lowest BCUT2D eigenvalue weighted by atomic mass is 9.85. The number of likely N-dealkylation sites (tertiary alicyclic amines) is 2. The molecule has 1 amide bonds. The minimum Gasteiger partial charge on any atom is -0.383 e. The molecule has 1 aromatic rings. The van der Waals surface area contributed by atoms with Crippen molar-refractivity contribution in [3.05, 3.63) is 35.1 Å². The Hall–Kier alpha value is -2.33. The number of amides is 1. The van der Waals surface area contributed by atoms with Gasteiger partial charge in [0.15, 0.2) is 0 Å². The minimum atomic E-state index is -4.75. The maximum atomic E-state index is 13.9. The number of fused-ring (bicyclic) bond motifs is 1. The fourth-order valence-electron chi connectivity index (χ4n) is 4.82. The Kier molecular flexibility index (Phi) is 6.62. The van der Waals surface area contributed by atoms with Crippen molar-refractivity contribution in [2.45, 2.75) is 31.4 Å². The van der Waals surface area contributed by atoms with E-state index in [0.29, 0.717) is 44.8 Å². The summed E-state index contributed by atoms with van der Waals surface area (Å²) in [6.45, 7) is 3.49. The van der Waals surface area contributed by atoms with Crippen LogP contribution in [0, 0.1) is 11.7 Å². The summed E-state index contributed by atoms with van der Waals surface area (Å²) in [6.07, 6.45) is -3.32. The molecule has 0 aliphatic carbocycles. The minimum absolute atomic E-state index is 0.0307. The van der Waals surface area contributed by atoms with Gasteiger partial charge in [0, 0.05) is 33.3 Å². The Morgan fingerprint density at radius 3 is 2.59 bits per heavy atom. The molecular weight excluding hydrogens is 428 g/mol. The van der Waals surface area contributed by atoms with E-state index in [4.69, 9.17) is 4.74 Å². The van der Waals surface area contributed by atoms with Crippen molar-refractivity contribution in [1.82, 2.24) is 9.80 Å². The van der Waals surface area contributed by atoms with E-state index < -0.39 is 23.5 Å². The van der Waals surface area contributed by atoms with E-state index in [0.717, 1.165) is 31.3 Å². The van der Waals surface area contributed by atoms with Gasteiger partial charge in [0.1, 0.15) is 11.5 Å². The van der Waals surface area contributed by atoms with Gasteiger partial charge in [0.05, 0.1) is 23.8 Å². The molecule has 0 N–H and O–H groups in total. The van der Waals surface area contributed by atoms with E-state index in [9.17, 15) is 22.4 Å². The first kappa shape index (κ1) is 22.8. The molecule has 3 aliphatic heterocycles. The maximum absolute atomic E-state index is 13.9. The smallest absolute Gasteiger partial charge is 0.383 e. The molecule has 2 fully saturated rings. The highest BCUT2D eigenvalue weighted by atomic mass is 19.4. The molecule has 6 nitrogen and oxygen atoms in total. The summed E-state index contributed by atoms with van der Waals surface area (Å²) in [5, 5.41) is 8.39. The van der Waals surface area contributed by atoms with Gasteiger partial charge in [0.25, 0.3) is 5.91 Å². The maximum Gasteiger partial charge on any atom is 0.419 e. The predicted octanol–water partition coefficient (Wildman–Crippen LogP) is 3.33. The van der Waals surface area contributed by atoms with Crippen LogP contribution in [0.5, 0.6) is 0 Å². The van der Waals surface area contributed by atoms with Crippen LogP contribution in [-0.4, -0.2) is 73.6 Å². The van der Waals surface area contributed by atoms with Crippen molar-refractivity contribution in [3.8, 4) is 0 Å². The highest BCUT2D eigenvalue weighted by Gasteiger charge is 2.41. The van der Waals surface area contributed by atoms with Crippen molar-refractivity contribution in [3.63, 3.8) is 0 Å². The second-order valence-electron chi connectivity index (χ2n) is 8.46. The van der Waals surface area contributed by atoms with Crippen molar-refractivity contribution in [2.24, 2.45) is 16.1 Å². The van der Waals surface area contributed by atoms with Gasteiger partial charge < -0.3 is 9.64 Å². The zero-order valence-corrected chi connectivity index (χ0v) is 17.9. The predicted molar refractivity (Wildman–Crippen MR) is 111 cm³/mol. The van der Waals surface area contributed by atoms with Gasteiger partial charge >= 0.3 is 6.18 Å². The number of hydrogen-bond donors (Lipinski definition) is 0. The van der Waals surface area contributed by atoms with E-state index in [-0.39, 0.29) is 17.4 Å². The third-order valence-electron chi connectivity index (χ3n) is 6.52. The summed E-state index contributed by atoms with van der Waals surface area (Å²) in [7, 11) is 1.65. The van der Waals surface area contributed by atoms with Gasteiger partial charge in [-0.15, -0.1) is 5.10 Å². The van der Waals surface area contributed by atoms with E-state index in [2.05, 4.69) is 15.1 Å². The van der Waals surface area contributed by atoms with Crippen LogP contribution in [0.15, 0.2) is 28.4 Å². The number of hydrogen-bond acceptors (Lipinski definition) is 5. The number of methoxy groups -OCH3 is 1. The monoisotopic (exact) mass is 454 g/mol. The molecule has 1 atom stereocenters. The first-order valence-corrected chi connectivity index (χ1v) is 10.8. The lowest BCUT2D eigenvalue weighted by Gasteiger charge is -2.35. The lowest BCUT2D eigenvalue weighted by molar-refractivity contribution is -0.141. The molecule has 1 aromatic carbocycles. The molecule has 0 saturated carbocycles. The van der Waals surface area contributed by atoms with Crippen molar-refractivity contribution in [1.29, 1.82) is 0 Å². The van der Waals surface area contributed by atoms with Gasteiger partial charge in [-0.25, -0.2) is 4.39 Å². The third-order valence-corrected chi connectivity index (χ3v) is 6.52. The van der Waals surface area contributed by atoms with Gasteiger partial charge in [-0.2, -0.15) is 18.3 Å². The summed E-state index contributed by atoms with van der Waals surface area (Å²) >= 11 is 0. The summed E-state index contributed by atoms with van der Waals surface area (Å²) < 4.78 is 59.2. The highest BCUT2D eigenvalue weighted by Crippen LogP contribution is 2.40. The Morgan fingerprint density at radius 1 is 1.16 bits per heavy atom. The second-order valence-corrected chi connectivity index (χ2v) is 8.46. The number of carbonyl (C=O) groups excluding carboxylic acids is 1. The summed E-state index contributed by atoms with van der Waals surface area (Å²) in [5.41, 5.74) is 0.0758. The first-order valence-electron chi connectivity index (χ1n) is 10.8. The number of alkyl halides is 3. The zero-order chi connectivity index (χ0) is 22.9. The largest absolute Gasteiger partial charge is 0.419 e. The number of rotatable bonds is 5. The standard InChI is InChI=1S/C22H26F4N4O2/c1-32-12-11-29-8-7-16-18(13-29)27-28-20(16)21(31)30-9-5-14(6-10-30)15-3-2-4-17(23)19(15)22(24,25)26/h2-4,14,16H,5-13H2,1H3. The van der Waals surface area contributed by atoms with E-state index in [1.54, 1.807) is 12.0 Å². The third kappa shape index (κ3) is 4.56. The topological polar surface area (TPSA) is 57.5 Å². The fourth-order valence-corrected chi connectivity index (χ4v) is 4.82. The quantitative estimate of drug-likeness (QED) is 0.642. The summed E-state index contributed by atoms with van der Waals surface area (Å²) in [4.78, 5) is 16.9. The van der Waals surface area contributed by atoms with Crippen LogP contribution in [-0.2, 0) is 15.7 Å². The van der Waals surface area contributed by atoms with Gasteiger partial charge in [-0.1, -0.05) is 12.1 Å². The molecule has 0 radical (unpaired) electrons. The van der Waals surface area contributed by atoms with Crippen molar-refractivity contribution < 1.29 is 27.1 Å². The molecule has 3 heterocycles. The molecule has 10 heteroatoms. The molecule has 3 aliphatic rings. The van der Waals surface area contributed by atoms with E-state index in [1.807, 2.05) is 0 Å². The van der Waals surface area contributed by atoms with Crippen LogP contribution in [0.1, 0.15) is 36.3 Å². The number of nitrogens with zero attached hydrogens (tertiary/aromatic N) is 4. The average Bonchev–Trinajstić information content (AvgIpc) is 3.19. The number of halogens is 4. The number of ether oxygens (including phenoxy) is 1. The molecule has 1 unspecified atom stereocenters. The van der Waals surface area contributed by atoms with Crippen LogP contribution in [0.3, 0.4) is 0 Å². The Labute approximate surface area is 183 Å². The van der Waals surface area contributed by atoms with E-state index in [1.165, 1.54) is 12.1 Å². The van der Waals surface area contributed by atoms with Crippen molar-refractivity contribution >= 4 is 17.3 Å². The SMILES string of the molecule is COCCN1CCC2C(=NN=C2C(=O)N2CCC(c3cccc(F)c3C(F)(F)F)CC2)C1. The van der Waals surface area contributed by atoms with Crippen LogP contribution >= 0.6 is 0 Å². The number of benzene rings is 1. The highest BCUT2D eigenvalue weighted by molar-refractivity contribution is 6.44. The van der Waals surface area contributed by atoms with Crippen LogP contribution in [0.2, 0.25) is 0 Å². The number of piperidine rings is 2.